The van der Waals surface area contributed by atoms with E-state index in [9.17, 15) is 0 Å². The number of ether oxygens (including phenoxy) is 2. The van der Waals surface area contributed by atoms with Crippen molar-refractivity contribution in [3.63, 3.8) is 0 Å². The maximum Gasteiger partial charge on any atom is 0.179 e. The van der Waals surface area contributed by atoms with Gasteiger partial charge >= 0.3 is 0 Å². The summed E-state index contributed by atoms with van der Waals surface area (Å²) in [5.74, 6) is 2.04. The second-order valence-electron chi connectivity index (χ2n) is 4.36. The van der Waals surface area contributed by atoms with Crippen molar-refractivity contribution in [1.29, 1.82) is 0 Å². The number of aryl methyl sites for hydroxylation is 1. The Morgan fingerprint density at radius 3 is 2.55 bits per heavy atom. The van der Waals surface area contributed by atoms with Gasteiger partial charge in [-0.3, -0.25) is 0 Å². The Balaban J connectivity index is 2.51. The van der Waals surface area contributed by atoms with E-state index in [0.717, 1.165) is 11.4 Å². The van der Waals surface area contributed by atoms with E-state index in [1.165, 1.54) is 0 Å². The summed E-state index contributed by atoms with van der Waals surface area (Å²) in [6.07, 6.45) is 3.67. The minimum absolute atomic E-state index is 0.0766. The van der Waals surface area contributed by atoms with Crippen LogP contribution in [-0.2, 0) is 7.05 Å². The van der Waals surface area contributed by atoms with Crippen molar-refractivity contribution in [1.82, 2.24) is 14.9 Å². The number of hydrogen-bond acceptors (Lipinski definition) is 4. The maximum atomic E-state index is 6.26. The number of nitrogens with zero attached hydrogens (tertiary/aromatic N) is 2. The highest BCUT2D eigenvalue weighted by atomic mass is 35.5. The van der Waals surface area contributed by atoms with Crippen molar-refractivity contribution >= 4 is 11.6 Å². The highest BCUT2D eigenvalue weighted by Crippen LogP contribution is 2.38. The zero-order chi connectivity index (χ0) is 14.7. The zero-order valence-electron chi connectivity index (χ0n) is 12.0. The quantitative estimate of drug-likeness (QED) is 0.920. The van der Waals surface area contributed by atoms with Gasteiger partial charge in [0.05, 0.1) is 25.3 Å². The van der Waals surface area contributed by atoms with Crippen molar-refractivity contribution < 1.29 is 9.47 Å². The smallest absolute Gasteiger partial charge is 0.179 e. The maximum absolute atomic E-state index is 6.26. The minimum atomic E-state index is -0.0766. The molecule has 108 valence electrons. The predicted molar refractivity (Wildman–Crippen MR) is 78.7 cm³/mol. The molecule has 2 rings (SSSR count). The van der Waals surface area contributed by atoms with E-state index in [1.807, 2.05) is 37.0 Å². The van der Waals surface area contributed by atoms with Crippen LogP contribution in [0.2, 0.25) is 5.02 Å². The summed E-state index contributed by atoms with van der Waals surface area (Å²) >= 11 is 6.26. The second kappa shape index (κ2) is 6.15. The van der Waals surface area contributed by atoms with Gasteiger partial charge in [0.15, 0.2) is 11.5 Å². The average Bonchev–Trinajstić information content (AvgIpc) is 2.85. The monoisotopic (exact) mass is 295 g/mol. The van der Waals surface area contributed by atoms with Crippen LogP contribution in [0, 0.1) is 0 Å². The summed E-state index contributed by atoms with van der Waals surface area (Å²) in [5.41, 5.74) is 0.962. The lowest BCUT2D eigenvalue weighted by molar-refractivity contribution is 0.354. The summed E-state index contributed by atoms with van der Waals surface area (Å²) in [6.45, 7) is 0. The molecule has 1 aromatic heterocycles. The molecule has 20 heavy (non-hydrogen) atoms. The van der Waals surface area contributed by atoms with Gasteiger partial charge in [-0.2, -0.15) is 0 Å². The van der Waals surface area contributed by atoms with Crippen LogP contribution in [0.4, 0.5) is 0 Å². The van der Waals surface area contributed by atoms with E-state index in [-0.39, 0.29) is 6.04 Å². The van der Waals surface area contributed by atoms with E-state index >= 15 is 0 Å². The molecule has 0 aliphatic carbocycles. The fourth-order valence-corrected chi connectivity index (χ4v) is 2.50. The van der Waals surface area contributed by atoms with Crippen LogP contribution in [0.3, 0.4) is 0 Å². The van der Waals surface area contributed by atoms with Crippen molar-refractivity contribution in [2.75, 3.05) is 21.3 Å². The number of hydrogen-bond donors (Lipinski definition) is 1. The third kappa shape index (κ3) is 2.59. The van der Waals surface area contributed by atoms with Gasteiger partial charge in [0.25, 0.3) is 0 Å². The summed E-state index contributed by atoms with van der Waals surface area (Å²) in [4.78, 5) is 4.38. The number of halogens is 1. The summed E-state index contributed by atoms with van der Waals surface area (Å²) in [7, 11) is 6.99. The van der Waals surface area contributed by atoms with Crippen LogP contribution in [0.25, 0.3) is 0 Å². The first-order valence-electron chi connectivity index (χ1n) is 6.18. The molecule has 0 bridgehead atoms. The van der Waals surface area contributed by atoms with Gasteiger partial charge in [0.1, 0.15) is 5.82 Å². The Morgan fingerprint density at radius 1 is 1.30 bits per heavy atom. The van der Waals surface area contributed by atoms with Crippen LogP contribution in [0.1, 0.15) is 17.4 Å². The molecule has 0 saturated heterocycles. The number of benzene rings is 1. The lowest BCUT2D eigenvalue weighted by atomic mass is 10.1. The Morgan fingerprint density at radius 2 is 2.05 bits per heavy atom. The predicted octanol–water partition coefficient (Wildman–Crippen LogP) is 2.40. The Bertz CT molecular complexity index is 598. The number of rotatable bonds is 5. The fourth-order valence-electron chi connectivity index (χ4n) is 2.20. The SMILES string of the molecule is CNC(c1cc(Cl)c(OC)c(OC)c1)c1nccn1C. The summed E-state index contributed by atoms with van der Waals surface area (Å²) < 4.78 is 12.6. The third-order valence-corrected chi connectivity index (χ3v) is 3.48. The molecule has 1 N–H and O–H groups in total. The van der Waals surface area contributed by atoms with E-state index in [1.54, 1.807) is 20.4 Å². The molecule has 0 saturated carbocycles. The van der Waals surface area contributed by atoms with Gasteiger partial charge in [0.2, 0.25) is 0 Å². The highest BCUT2D eigenvalue weighted by Gasteiger charge is 2.20. The van der Waals surface area contributed by atoms with E-state index in [2.05, 4.69) is 10.3 Å². The van der Waals surface area contributed by atoms with Crippen LogP contribution in [0.5, 0.6) is 11.5 Å². The molecule has 0 amide bonds. The van der Waals surface area contributed by atoms with E-state index < -0.39 is 0 Å². The molecule has 1 atom stereocenters. The number of nitrogens with one attached hydrogen (secondary N) is 1. The summed E-state index contributed by atoms with van der Waals surface area (Å²) in [5, 5.41) is 3.75. The van der Waals surface area contributed by atoms with Gasteiger partial charge in [-0.05, 0) is 24.7 Å². The number of aromatic nitrogens is 2. The zero-order valence-corrected chi connectivity index (χ0v) is 12.7. The van der Waals surface area contributed by atoms with E-state index in [0.29, 0.717) is 16.5 Å². The van der Waals surface area contributed by atoms with Crippen molar-refractivity contribution in [3.05, 3.63) is 40.9 Å². The van der Waals surface area contributed by atoms with Crippen molar-refractivity contribution in [2.45, 2.75) is 6.04 Å². The lowest BCUT2D eigenvalue weighted by Crippen LogP contribution is -2.21. The molecule has 2 aromatic rings. The first-order chi connectivity index (χ1) is 9.62. The molecule has 1 heterocycles. The molecule has 1 aromatic carbocycles. The largest absolute Gasteiger partial charge is 0.493 e. The van der Waals surface area contributed by atoms with Gasteiger partial charge < -0.3 is 19.4 Å². The van der Waals surface area contributed by atoms with Crippen molar-refractivity contribution in [2.24, 2.45) is 7.05 Å². The molecular weight excluding hydrogens is 278 g/mol. The molecule has 0 spiro atoms. The van der Waals surface area contributed by atoms with Crippen LogP contribution in [-0.4, -0.2) is 30.8 Å². The normalized spacial score (nSPS) is 12.2. The topological polar surface area (TPSA) is 48.3 Å². The fraction of sp³-hybridized carbons (Fsp3) is 0.357. The van der Waals surface area contributed by atoms with Crippen LogP contribution >= 0.6 is 11.6 Å². The van der Waals surface area contributed by atoms with Gasteiger partial charge in [0, 0.05) is 19.4 Å². The number of imidazole rings is 1. The third-order valence-electron chi connectivity index (χ3n) is 3.19. The first kappa shape index (κ1) is 14.7. The molecule has 0 aliphatic heterocycles. The second-order valence-corrected chi connectivity index (χ2v) is 4.76. The average molecular weight is 296 g/mol. The number of methoxy groups -OCH3 is 2. The van der Waals surface area contributed by atoms with Gasteiger partial charge in [-0.25, -0.2) is 4.98 Å². The molecule has 5 nitrogen and oxygen atoms in total. The molecule has 0 aliphatic rings. The first-order valence-corrected chi connectivity index (χ1v) is 6.56. The molecule has 0 fully saturated rings. The Labute approximate surface area is 123 Å². The van der Waals surface area contributed by atoms with Gasteiger partial charge in [-0.1, -0.05) is 11.6 Å². The minimum Gasteiger partial charge on any atom is -0.493 e. The Kier molecular flexibility index (Phi) is 4.52. The lowest BCUT2D eigenvalue weighted by Gasteiger charge is -2.19. The Hall–Kier alpha value is -1.72. The molecule has 6 heteroatoms. The molecular formula is C14H18ClN3O2. The molecule has 0 radical (unpaired) electrons. The highest BCUT2D eigenvalue weighted by molar-refractivity contribution is 6.32. The molecule has 1 unspecified atom stereocenters. The van der Waals surface area contributed by atoms with Crippen LogP contribution < -0.4 is 14.8 Å². The standard InChI is InChI=1S/C14H18ClN3O2/c1-16-12(14-17-5-6-18(14)2)9-7-10(15)13(20-4)11(8-9)19-3/h5-8,12,16H,1-4H3. The summed E-state index contributed by atoms with van der Waals surface area (Å²) in [6, 6.07) is 3.69. The van der Waals surface area contributed by atoms with E-state index in [4.69, 9.17) is 21.1 Å². The van der Waals surface area contributed by atoms with Crippen LogP contribution in [0.15, 0.2) is 24.5 Å². The van der Waals surface area contributed by atoms with Crippen molar-refractivity contribution in [3.8, 4) is 11.5 Å². The van der Waals surface area contributed by atoms with Gasteiger partial charge in [-0.15, -0.1) is 0 Å².